The monoisotopic (exact) mass is 338 g/mol. The second kappa shape index (κ2) is 6.41. The van der Waals surface area contributed by atoms with Crippen molar-refractivity contribution < 1.29 is 17.2 Å². The predicted octanol–water partition coefficient (Wildman–Crippen LogP) is 2.54. The Kier molecular flexibility index (Phi) is 4.50. The molecular formula is C16H19FN2O3S. The summed E-state index contributed by atoms with van der Waals surface area (Å²) in [7, 11) is -3.20. The molecule has 1 aliphatic rings. The van der Waals surface area contributed by atoms with Crippen molar-refractivity contribution in [2.45, 2.75) is 25.2 Å². The van der Waals surface area contributed by atoms with Crippen LogP contribution in [0.4, 0.5) is 4.39 Å². The van der Waals surface area contributed by atoms with Crippen LogP contribution in [0.5, 0.6) is 0 Å². The van der Waals surface area contributed by atoms with Crippen LogP contribution in [-0.2, 0) is 16.4 Å². The van der Waals surface area contributed by atoms with Gasteiger partial charge in [0.25, 0.3) is 0 Å². The Hall–Kier alpha value is -1.73. The van der Waals surface area contributed by atoms with Gasteiger partial charge in [-0.05, 0) is 24.5 Å². The number of sulfonamides is 1. The van der Waals surface area contributed by atoms with Gasteiger partial charge in [-0.3, -0.25) is 0 Å². The molecule has 0 N–H and O–H groups in total. The maximum absolute atomic E-state index is 13.7. The highest BCUT2D eigenvalue weighted by Crippen LogP contribution is 2.28. The zero-order valence-electron chi connectivity index (χ0n) is 12.9. The topological polar surface area (TPSA) is 63.4 Å². The van der Waals surface area contributed by atoms with Gasteiger partial charge in [-0.25, -0.2) is 22.1 Å². The Bertz CT molecular complexity index is 788. The fourth-order valence-corrected chi connectivity index (χ4v) is 3.78. The molecule has 23 heavy (non-hydrogen) atoms. The number of piperidine rings is 1. The molecule has 2 heterocycles. The Labute approximate surface area is 135 Å². The maximum atomic E-state index is 13.7. The largest absolute Gasteiger partial charge is 0.445 e. The predicted molar refractivity (Wildman–Crippen MR) is 84.1 cm³/mol. The Morgan fingerprint density at radius 3 is 2.91 bits per heavy atom. The SMILES string of the molecule is CS(=O)(=O)N1CCC[C@H](c2ncc(Cc3ccccc3F)o2)C1. The third-order valence-corrected chi connectivity index (χ3v) is 5.37. The number of nitrogens with zero attached hydrogens (tertiary/aromatic N) is 2. The van der Waals surface area contributed by atoms with E-state index in [0.717, 1.165) is 12.8 Å². The molecule has 7 heteroatoms. The minimum atomic E-state index is -3.20. The summed E-state index contributed by atoms with van der Waals surface area (Å²) >= 11 is 0. The summed E-state index contributed by atoms with van der Waals surface area (Å²) in [4.78, 5) is 4.27. The molecule has 0 saturated carbocycles. The third-order valence-electron chi connectivity index (χ3n) is 4.10. The van der Waals surface area contributed by atoms with E-state index in [1.807, 2.05) is 0 Å². The average molecular weight is 338 g/mol. The summed E-state index contributed by atoms with van der Waals surface area (Å²) in [6, 6.07) is 6.55. The summed E-state index contributed by atoms with van der Waals surface area (Å²) in [6.07, 6.45) is 4.77. The zero-order valence-corrected chi connectivity index (χ0v) is 13.7. The average Bonchev–Trinajstić information content (AvgIpc) is 2.98. The van der Waals surface area contributed by atoms with Crippen LogP contribution >= 0.6 is 0 Å². The molecule has 0 spiro atoms. The van der Waals surface area contributed by atoms with E-state index >= 15 is 0 Å². The summed E-state index contributed by atoms with van der Waals surface area (Å²) < 4.78 is 44.2. The van der Waals surface area contributed by atoms with E-state index in [9.17, 15) is 12.8 Å². The quantitative estimate of drug-likeness (QED) is 0.859. The number of hydrogen-bond donors (Lipinski definition) is 0. The summed E-state index contributed by atoms with van der Waals surface area (Å²) in [5.41, 5.74) is 0.552. The van der Waals surface area contributed by atoms with Crippen molar-refractivity contribution in [2.75, 3.05) is 19.3 Å². The molecule has 3 rings (SSSR count). The van der Waals surface area contributed by atoms with Gasteiger partial charge < -0.3 is 4.42 Å². The molecule has 0 radical (unpaired) electrons. The van der Waals surface area contributed by atoms with Crippen molar-refractivity contribution in [1.29, 1.82) is 0 Å². The van der Waals surface area contributed by atoms with Crippen LogP contribution in [0.3, 0.4) is 0 Å². The number of aromatic nitrogens is 1. The van der Waals surface area contributed by atoms with Gasteiger partial charge >= 0.3 is 0 Å². The van der Waals surface area contributed by atoms with Gasteiger partial charge in [0.05, 0.1) is 12.5 Å². The van der Waals surface area contributed by atoms with Crippen molar-refractivity contribution in [3.05, 3.63) is 53.5 Å². The van der Waals surface area contributed by atoms with Crippen LogP contribution in [-0.4, -0.2) is 37.1 Å². The van der Waals surface area contributed by atoms with Gasteiger partial charge in [0.15, 0.2) is 5.89 Å². The van der Waals surface area contributed by atoms with Crippen molar-refractivity contribution in [3.63, 3.8) is 0 Å². The van der Waals surface area contributed by atoms with Gasteiger partial charge in [-0.1, -0.05) is 18.2 Å². The van der Waals surface area contributed by atoms with Crippen LogP contribution in [0.2, 0.25) is 0 Å². The first kappa shape index (κ1) is 16.1. The second-order valence-electron chi connectivity index (χ2n) is 5.89. The fourth-order valence-electron chi connectivity index (χ4n) is 2.87. The van der Waals surface area contributed by atoms with E-state index < -0.39 is 10.0 Å². The smallest absolute Gasteiger partial charge is 0.211 e. The van der Waals surface area contributed by atoms with Crippen molar-refractivity contribution in [3.8, 4) is 0 Å². The maximum Gasteiger partial charge on any atom is 0.211 e. The normalized spacial score (nSPS) is 19.8. The molecule has 0 unspecified atom stereocenters. The van der Waals surface area contributed by atoms with Gasteiger partial charge in [0, 0.05) is 25.4 Å². The molecule has 2 aromatic rings. The standard InChI is InChI=1S/C16H19FN2O3S/c1-23(20,21)19-8-4-6-13(11-19)16-18-10-14(22-16)9-12-5-2-3-7-15(12)17/h2-3,5,7,10,13H,4,6,8-9,11H2,1H3/t13-/m0/s1. The molecule has 1 atom stereocenters. The van der Waals surface area contributed by atoms with Gasteiger partial charge in [0.1, 0.15) is 11.6 Å². The lowest BCUT2D eigenvalue weighted by molar-refractivity contribution is 0.283. The first-order valence-corrected chi connectivity index (χ1v) is 9.41. The lowest BCUT2D eigenvalue weighted by Gasteiger charge is -2.29. The second-order valence-corrected chi connectivity index (χ2v) is 7.88. The molecule has 0 bridgehead atoms. The number of rotatable bonds is 4. The lowest BCUT2D eigenvalue weighted by Crippen LogP contribution is -2.38. The molecule has 0 amide bonds. The van der Waals surface area contributed by atoms with Crippen molar-refractivity contribution in [2.24, 2.45) is 0 Å². The third kappa shape index (κ3) is 3.79. The first-order valence-electron chi connectivity index (χ1n) is 7.56. The van der Waals surface area contributed by atoms with Crippen LogP contribution in [0, 0.1) is 5.82 Å². The molecule has 1 aliphatic heterocycles. The summed E-state index contributed by atoms with van der Waals surface area (Å²) in [5, 5.41) is 0. The van der Waals surface area contributed by atoms with Crippen LogP contribution in [0.1, 0.15) is 36.0 Å². The fraction of sp³-hybridized carbons (Fsp3) is 0.438. The zero-order chi connectivity index (χ0) is 16.4. The van der Waals surface area contributed by atoms with E-state index in [-0.39, 0.29) is 11.7 Å². The molecule has 1 saturated heterocycles. The highest BCUT2D eigenvalue weighted by atomic mass is 32.2. The summed E-state index contributed by atoms with van der Waals surface area (Å²) in [6.45, 7) is 0.927. The van der Waals surface area contributed by atoms with E-state index in [2.05, 4.69) is 4.98 Å². The number of hydrogen-bond acceptors (Lipinski definition) is 4. The molecule has 124 valence electrons. The van der Waals surface area contributed by atoms with E-state index in [4.69, 9.17) is 4.42 Å². The van der Waals surface area contributed by atoms with E-state index in [1.54, 1.807) is 24.4 Å². The highest BCUT2D eigenvalue weighted by molar-refractivity contribution is 7.88. The highest BCUT2D eigenvalue weighted by Gasteiger charge is 2.29. The van der Waals surface area contributed by atoms with Gasteiger partial charge in [0.2, 0.25) is 10.0 Å². The molecule has 1 fully saturated rings. The van der Waals surface area contributed by atoms with E-state index in [0.29, 0.717) is 36.7 Å². The Morgan fingerprint density at radius 1 is 1.39 bits per heavy atom. The lowest BCUT2D eigenvalue weighted by atomic mass is 10.00. The first-order chi connectivity index (χ1) is 10.9. The molecular weight excluding hydrogens is 319 g/mol. The number of oxazole rings is 1. The van der Waals surface area contributed by atoms with Crippen molar-refractivity contribution >= 4 is 10.0 Å². The Balaban J connectivity index is 1.73. The Morgan fingerprint density at radius 2 is 2.17 bits per heavy atom. The van der Waals surface area contributed by atoms with Crippen molar-refractivity contribution in [1.82, 2.24) is 9.29 Å². The van der Waals surface area contributed by atoms with E-state index in [1.165, 1.54) is 16.6 Å². The molecule has 1 aromatic heterocycles. The molecule has 5 nitrogen and oxygen atoms in total. The van der Waals surface area contributed by atoms with Crippen LogP contribution in [0.25, 0.3) is 0 Å². The minimum Gasteiger partial charge on any atom is -0.445 e. The van der Waals surface area contributed by atoms with Gasteiger partial charge in [-0.15, -0.1) is 0 Å². The van der Waals surface area contributed by atoms with Gasteiger partial charge in [-0.2, -0.15) is 0 Å². The number of benzene rings is 1. The summed E-state index contributed by atoms with van der Waals surface area (Å²) in [5.74, 6) is 0.797. The molecule has 1 aromatic carbocycles. The number of halogens is 1. The molecule has 0 aliphatic carbocycles. The minimum absolute atomic E-state index is 0.0483. The van der Waals surface area contributed by atoms with Crippen LogP contribution in [0.15, 0.2) is 34.9 Å². The van der Waals surface area contributed by atoms with Crippen LogP contribution < -0.4 is 0 Å².